The van der Waals surface area contributed by atoms with Crippen LogP contribution in [0.25, 0.3) is 20.2 Å². The van der Waals surface area contributed by atoms with Crippen LogP contribution in [0.5, 0.6) is 0 Å². The van der Waals surface area contributed by atoms with Crippen LogP contribution >= 0.6 is 11.3 Å². The number of benzene rings is 2. The summed E-state index contributed by atoms with van der Waals surface area (Å²) in [4.78, 5) is 25.5. The number of hydrogen-bond acceptors (Lipinski definition) is 4. The van der Waals surface area contributed by atoms with Gasteiger partial charge >= 0.3 is 0 Å². The van der Waals surface area contributed by atoms with E-state index in [-0.39, 0.29) is 18.0 Å². The van der Waals surface area contributed by atoms with Crippen LogP contribution in [0.15, 0.2) is 47.3 Å². The van der Waals surface area contributed by atoms with Crippen molar-refractivity contribution in [3.8, 4) is 0 Å². The average Bonchev–Trinajstić information content (AvgIpc) is 3.04. The first-order valence-electron chi connectivity index (χ1n) is 8.70. The number of rotatable bonds is 3. The lowest BCUT2D eigenvalue weighted by molar-refractivity contribution is -0.117. The minimum Gasteiger partial charge on any atom is -0.324 e. The third-order valence-corrected chi connectivity index (χ3v) is 6.09. The van der Waals surface area contributed by atoms with E-state index in [1.54, 1.807) is 11.3 Å². The van der Waals surface area contributed by atoms with Gasteiger partial charge in [-0.15, -0.1) is 11.3 Å². The Morgan fingerprint density at radius 3 is 2.70 bits per heavy atom. The molecule has 136 valence electrons. The van der Waals surface area contributed by atoms with E-state index in [9.17, 15) is 9.59 Å². The average molecular weight is 377 g/mol. The fourth-order valence-corrected chi connectivity index (χ4v) is 4.37. The van der Waals surface area contributed by atoms with E-state index in [1.165, 1.54) is 4.68 Å². The number of anilines is 1. The predicted octanol–water partition coefficient (Wildman–Crippen LogP) is 4.18. The zero-order valence-corrected chi connectivity index (χ0v) is 16.2. The molecule has 0 spiro atoms. The Bertz CT molecular complexity index is 1250. The highest BCUT2D eigenvalue weighted by Gasteiger charge is 2.16. The van der Waals surface area contributed by atoms with Crippen molar-refractivity contribution in [1.82, 2.24) is 9.78 Å². The monoisotopic (exact) mass is 377 g/mol. The molecule has 0 saturated heterocycles. The Kier molecular flexibility index (Phi) is 4.28. The Labute approximate surface area is 160 Å². The molecule has 27 heavy (non-hydrogen) atoms. The lowest BCUT2D eigenvalue weighted by Crippen LogP contribution is -2.30. The highest BCUT2D eigenvalue weighted by atomic mass is 32.1. The maximum absolute atomic E-state index is 13.0. The van der Waals surface area contributed by atoms with E-state index >= 15 is 0 Å². The number of aryl methyl sites for hydroxylation is 2. The van der Waals surface area contributed by atoms with E-state index in [0.717, 1.165) is 37.3 Å². The van der Waals surface area contributed by atoms with E-state index < -0.39 is 0 Å². The predicted molar refractivity (Wildman–Crippen MR) is 111 cm³/mol. The van der Waals surface area contributed by atoms with Gasteiger partial charge in [-0.3, -0.25) is 9.59 Å². The summed E-state index contributed by atoms with van der Waals surface area (Å²) in [7, 11) is 0. The molecule has 0 atom stereocenters. The number of fused-ring (bicyclic) bond motifs is 3. The van der Waals surface area contributed by atoms with Crippen molar-refractivity contribution in [2.24, 2.45) is 0 Å². The van der Waals surface area contributed by atoms with Crippen LogP contribution in [-0.2, 0) is 11.3 Å². The molecule has 0 saturated carbocycles. The van der Waals surface area contributed by atoms with Crippen molar-refractivity contribution in [2.45, 2.75) is 27.3 Å². The first-order chi connectivity index (χ1) is 13.0. The summed E-state index contributed by atoms with van der Waals surface area (Å²) in [6, 6.07) is 13.6. The molecule has 4 rings (SSSR count). The minimum absolute atomic E-state index is 0.118. The molecule has 4 aromatic rings. The van der Waals surface area contributed by atoms with Gasteiger partial charge in [0.25, 0.3) is 5.56 Å². The normalized spacial score (nSPS) is 11.2. The third-order valence-electron chi connectivity index (χ3n) is 4.82. The molecular weight excluding hydrogens is 358 g/mol. The van der Waals surface area contributed by atoms with Gasteiger partial charge in [0, 0.05) is 15.8 Å². The molecule has 5 nitrogen and oxygen atoms in total. The molecule has 2 aromatic heterocycles. The Morgan fingerprint density at radius 2 is 1.89 bits per heavy atom. The zero-order chi connectivity index (χ0) is 19.1. The summed E-state index contributed by atoms with van der Waals surface area (Å²) in [6.45, 7) is 5.71. The smallest absolute Gasteiger partial charge is 0.276 e. The van der Waals surface area contributed by atoms with Gasteiger partial charge in [-0.1, -0.05) is 30.3 Å². The van der Waals surface area contributed by atoms with Gasteiger partial charge in [0.2, 0.25) is 5.91 Å². The number of carbonyl (C=O) groups excluding carboxylic acids is 1. The molecule has 0 aliphatic carbocycles. The van der Waals surface area contributed by atoms with Crippen LogP contribution in [0.1, 0.15) is 16.8 Å². The third kappa shape index (κ3) is 3.02. The molecule has 1 N–H and O–H groups in total. The number of amides is 1. The molecule has 0 fully saturated rings. The second-order valence-corrected chi connectivity index (χ2v) is 7.70. The van der Waals surface area contributed by atoms with E-state index in [0.29, 0.717) is 5.39 Å². The lowest BCUT2D eigenvalue weighted by atomic mass is 10.1. The molecular formula is C21H19N3O2S. The number of nitrogens with one attached hydrogen (secondary N) is 1. The number of aromatic nitrogens is 2. The van der Waals surface area contributed by atoms with Crippen molar-refractivity contribution >= 4 is 43.1 Å². The molecule has 2 aromatic carbocycles. The van der Waals surface area contributed by atoms with Crippen molar-refractivity contribution in [3.05, 3.63) is 69.6 Å². The number of nitrogens with zero attached hydrogens (tertiary/aromatic N) is 2. The van der Waals surface area contributed by atoms with Crippen molar-refractivity contribution in [1.29, 1.82) is 0 Å². The summed E-state index contributed by atoms with van der Waals surface area (Å²) in [6.07, 6.45) is 0. The van der Waals surface area contributed by atoms with Crippen LogP contribution in [0.3, 0.4) is 0 Å². The van der Waals surface area contributed by atoms with E-state index in [2.05, 4.69) is 10.4 Å². The molecule has 2 heterocycles. The summed E-state index contributed by atoms with van der Waals surface area (Å²) >= 11 is 1.56. The Balaban J connectivity index is 1.73. The van der Waals surface area contributed by atoms with E-state index in [4.69, 9.17) is 0 Å². The summed E-state index contributed by atoms with van der Waals surface area (Å²) in [5.41, 5.74) is 3.40. The highest BCUT2D eigenvalue weighted by molar-refractivity contribution is 7.26. The van der Waals surface area contributed by atoms with Crippen LogP contribution in [0, 0.1) is 20.8 Å². The Hall–Kier alpha value is -2.99. The maximum atomic E-state index is 13.0. The lowest BCUT2D eigenvalue weighted by Gasteiger charge is -2.11. The van der Waals surface area contributed by atoms with Gasteiger partial charge in [0.05, 0.1) is 15.8 Å². The SMILES string of the molecule is Cc1cccc(NC(=O)Cn2nc(C)c3sc4ccccc4c3c2=O)c1C. The first-order valence-corrected chi connectivity index (χ1v) is 9.52. The molecule has 0 bridgehead atoms. The van der Waals surface area contributed by atoms with E-state index in [1.807, 2.05) is 63.2 Å². The molecule has 0 aliphatic rings. The highest BCUT2D eigenvalue weighted by Crippen LogP contribution is 2.32. The van der Waals surface area contributed by atoms with Crippen molar-refractivity contribution in [3.63, 3.8) is 0 Å². The largest absolute Gasteiger partial charge is 0.324 e. The molecule has 0 radical (unpaired) electrons. The van der Waals surface area contributed by atoms with Crippen LogP contribution in [0.4, 0.5) is 5.69 Å². The van der Waals surface area contributed by atoms with Crippen molar-refractivity contribution < 1.29 is 4.79 Å². The fraction of sp³-hybridized carbons (Fsp3) is 0.190. The minimum atomic E-state index is -0.267. The second kappa shape index (κ2) is 6.63. The van der Waals surface area contributed by atoms with Crippen LogP contribution in [-0.4, -0.2) is 15.7 Å². The summed E-state index contributed by atoms with van der Waals surface area (Å²) in [5.74, 6) is -0.267. The summed E-state index contributed by atoms with van der Waals surface area (Å²) in [5, 5.41) is 8.82. The quantitative estimate of drug-likeness (QED) is 0.583. The molecule has 0 aliphatic heterocycles. The van der Waals surface area contributed by atoms with Gasteiger partial charge in [-0.2, -0.15) is 5.10 Å². The number of carbonyl (C=O) groups is 1. The number of thiophene rings is 1. The first kappa shape index (κ1) is 17.4. The van der Waals surface area contributed by atoms with Gasteiger partial charge in [-0.05, 0) is 44.0 Å². The van der Waals surface area contributed by atoms with Crippen LogP contribution in [0.2, 0.25) is 0 Å². The topological polar surface area (TPSA) is 64.0 Å². The number of hydrogen-bond donors (Lipinski definition) is 1. The second-order valence-electron chi connectivity index (χ2n) is 6.65. The van der Waals surface area contributed by atoms with Gasteiger partial charge in [-0.25, -0.2) is 4.68 Å². The van der Waals surface area contributed by atoms with Crippen LogP contribution < -0.4 is 10.9 Å². The van der Waals surface area contributed by atoms with Gasteiger partial charge in [0.15, 0.2) is 0 Å². The fourth-order valence-electron chi connectivity index (χ4n) is 3.23. The standard InChI is InChI=1S/C21H19N3O2S/c1-12-7-6-9-16(13(12)2)22-18(25)11-24-21(26)19-15-8-4-5-10-17(15)27-20(19)14(3)23-24/h4-10H,11H2,1-3H3,(H,22,25). The molecule has 1 amide bonds. The summed E-state index contributed by atoms with van der Waals surface area (Å²) < 4.78 is 3.19. The van der Waals surface area contributed by atoms with Gasteiger partial charge < -0.3 is 5.32 Å². The van der Waals surface area contributed by atoms with Gasteiger partial charge in [0.1, 0.15) is 6.54 Å². The van der Waals surface area contributed by atoms with Crippen molar-refractivity contribution in [2.75, 3.05) is 5.32 Å². The molecule has 6 heteroatoms. The maximum Gasteiger partial charge on any atom is 0.276 e. The Morgan fingerprint density at radius 1 is 1.11 bits per heavy atom. The zero-order valence-electron chi connectivity index (χ0n) is 15.4. The molecule has 0 unspecified atom stereocenters.